The van der Waals surface area contributed by atoms with Gasteiger partial charge in [-0.15, -0.1) is 0 Å². The Morgan fingerprint density at radius 2 is 1.59 bits per heavy atom. The number of hydrogen-bond acceptors (Lipinski definition) is 4. The van der Waals surface area contributed by atoms with Gasteiger partial charge >= 0.3 is 0 Å². The van der Waals surface area contributed by atoms with Crippen molar-refractivity contribution in [2.75, 3.05) is 31.5 Å². The Labute approximate surface area is 157 Å². The van der Waals surface area contributed by atoms with Crippen LogP contribution >= 0.6 is 0 Å². The Hall–Kier alpha value is -2.29. The average Bonchev–Trinajstić information content (AvgIpc) is 3.25. The average molecular weight is 389 g/mol. The molecule has 2 N–H and O–H groups in total. The lowest BCUT2D eigenvalue weighted by molar-refractivity contribution is 0.102. The number of carbonyl (C=O) groups is 1. The van der Waals surface area contributed by atoms with Crippen LogP contribution in [0.2, 0.25) is 0 Å². The van der Waals surface area contributed by atoms with E-state index in [9.17, 15) is 17.6 Å². The molecule has 2 saturated heterocycles. The molecule has 2 fully saturated rings. The molecule has 27 heavy (non-hydrogen) atoms. The minimum Gasteiger partial charge on any atom is -0.322 e. The van der Waals surface area contributed by atoms with Gasteiger partial charge in [0.15, 0.2) is 0 Å². The molecule has 2 aliphatic rings. The summed E-state index contributed by atoms with van der Waals surface area (Å²) in [6, 6.07) is 11.3. The van der Waals surface area contributed by atoms with Crippen molar-refractivity contribution in [1.82, 2.24) is 9.62 Å². The Morgan fingerprint density at radius 1 is 1.00 bits per heavy atom. The molecule has 0 aromatic heterocycles. The van der Waals surface area contributed by atoms with Gasteiger partial charge in [0.05, 0.1) is 4.90 Å². The van der Waals surface area contributed by atoms with Gasteiger partial charge in [0.25, 0.3) is 5.91 Å². The van der Waals surface area contributed by atoms with Crippen molar-refractivity contribution in [2.24, 2.45) is 11.8 Å². The van der Waals surface area contributed by atoms with E-state index in [0.29, 0.717) is 36.2 Å². The van der Waals surface area contributed by atoms with Crippen LogP contribution in [0.1, 0.15) is 10.4 Å². The van der Waals surface area contributed by atoms with E-state index in [-0.39, 0.29) is 10.8 Å². The molecule has 142 valence electrons. The van der Waals surface area contributed by atoms with E-state index in [2.05, 4.69) is 10.6 Å². The normalized spacial score (nSPS) is 22.6. The number of rotatable bonds is 4. The summed E-state index contributed by atoms with van der Waals surface area (Å²) in [6.07, 6.45) is 0. The minimum absolute atomic E-state index is 0.218. The molecule has 2 aromatic rings. The van der Waals surface area contributed by atoms with Crippen LogP contribution in [0.25, 0.3) is 0 Å². The first kappa shape index (κ1) is 18.1. The molecule has 0 radical (unpaired) electrons. The Morgan fingerprint density at radius 3 is 2.19 bits per heavy atom. The molecule has 0 spiro atoms. The van der Waals surface area contributed by atoms with E-state index in [1.165, 1.54) is 36.4 Å². The van der Waals surface area contributed by atoms with E-state index in [1.807, 2.05) is 0 Å². The van der Waals surface area contributed by atoms with Gasteiger partial charge in [-0.1, -0.05) is 0 Å². The number of sulfonamides is 1. The smallest absolute Gasteiger partial charge is 0.255 e. The highest BCUT2D eigenvalue weighted by atomic mass is 32.2. The van der Waals surface area contributed by atoms with Crippen LogP contribution in [0, 0.1) is 17.7 Å². The molecule has 0 aliphatic carbocycles. The van der Waals surface area contributed by atoms with Gasteiger partial charge in [-0.3, -0.25) is 4.79 Å². The third kappa shape index (κ3) is 3.60. The maximum absolute atomic E-state index is 12.9. The fraction of sp³-hybridized carbons (Fsp3) is 0.316. The summed E-state index contributed by atoms with van der Waals surface area (Å²) in [6.45, 7) is 2.82. The molecule has 6 nitrogen and oxygen atoms in total. The second kappa shape index (κ2) is 7.03. The lowest BCUT2D eigenvalue weighted by Gasteiger charge is -2.17. The van der Waals surface area contributed by atoms with Crippen LogP contribution < -0.4 is 10.6 Å². The summed E-state index contributed by atoms with van der Waals surface area (Å²) in [5, 5.41) is 5.98. The molecule has 2 aromatic carbocycles. The summed E-state index contributed by atoms with van der Waals surface area (Å²) >= 11 is 0. The highest BCUT2D eigenvalue weighted by Gasteiger charge is 2.41. The molecule has 1 amide bonds. The predicted molar refractivity (Wildman–Crippen MR) is 99.4 cm³/mol. The SMILES string of the molecule is O=C(Nc1ccc(S(=O)(=O)N2C[C@H]3CNC[C@H]3C2)cc1)c1ccc(F)cc1. The molecule has 4 rings (SSSR count). The maximum atomic E-state index is 12.9. The number of halogens is 1. The first-order valence-corrected chi connectivity index (χ1v) is 10.3. The monoisotopic (exact) mass is 389 g/mol. The zero-order valence-corrected chi connectivity index (χ0v) is 15.4. The third-order valence-corrected chi connectivity index (χ3v) is 7.06. The lowest BCUT2D eigenvalue weighted by atomic mass is 10.0. The fourth-order valence-electron chi connectivity index (χ4n) is 3.67. The molecular weight excluding hydrogens is 369 g/mol. The van der Waals surface area contributed by atoms with Crippen molar-refractivity contribution in [3.8, 4) is 0 Å². The summed E-state index contributed by atoms with van der Waals surface area (Å²) in [4.78, 5) is 12.4. The molecule has 2 heterocycles. The van der Waals surface area contributed by atoms with Gasteiger partial charge in [-0.05, 0) is 73.5 Å². The van der Waals surface area contributed by atoms with Gasteiger partial charge in [-0.2, -0.15) is 4.31 Å². The van der Waals surface area contributed by atoms with Crippen LogP contribution in [0.4, 0.5) is 10.1 Å². The second-order valence-electron chi connectivity index (χ2n) is 6.99. The van der Waals surface area contributed by atoms with Gasteiger partial charge in [0.2, 0.25) is 10.0 Å². The van der Waals surface area contributed by atoms with E-state index >= 15 is 0 Å². The molecule has 0 saturated carbocycles. The van der Waals surface area contributed by atoms with Crippen molar-refractivity contribution in [3.63, 3.8) is 0 Å². The molecular formula is C19H20FN3O3S. The first-order chi connectivity index (χ1) is 12.9. The Bertz CT molecular complexity index is 933. The number of amides is 1. The zero-order valence-electron chi connectivity index (χ0n) is 14.6. The van der Waals surface area contributed by atoms with Crippen LogP contribution in [-0.4, -0.2) is 44.8 Å². The first-order valence-electron chi connectivity index (χ1n) is 8.81. The molecule has 0 bridgehead atoms. The standard InChI is InChI=1S/C19H20FN3O3S/c20-16-3-1-13(2-4-16)19(24)22-17-5-7-18(8-6-17)27(25,26)23-11-14-9-21-10-15(14)12-23/h1-8,14-15,21H,9-12H2,(H,22,24)/t14-,15+. The summed E-state index contributed by atoms with van der Waals surface area (Å²) < 4.78 is 40.2. The predicted octanol–water partition coefficient (Wildman–Crippen LogP) is 1.92. The summed E-state index contributed by atoms with van der Waals surface area (Å²) in [5.41, 5.74) is 0.802. The second-order valence-corrected chi connectivity index (χ2v) is 8.92. The topological polar surface area (TPSA) is 78.5 Å². The molecule has 8 heteroatoms. The lowest BCUT2D eigenvalue weighted by Crippen LogP contribution is -2.31. The zero-order chi connectivity index (χ0) is 19.0. The van der Waals surface area contributed by atoms with Crippen LogP contribution in [0.15, 0.2) is 53.4 Å². The highest BCUT2D eigenvalue weighted by Crippen LogP contribution is 2.31. The number of hydrogen-bond donors (Lipinski definition) is 2. The summed E-state index contributed by atoms with van der Waals surface area (Å²) in [5.74, 6) is -0.0310. The number of nitrogens with one attached hydrogen (secondary N) is 2. The fourth-order valence-corrected chi connectivity index (χ4v) is 5.23. The van der Waals surface area contributed by atoms with Crippen molar-refractivity contribution >= 4 is 21.6 Å². The number of fused-ring (bicyclic) bond motifs is 1. The van der Waals surface area contributed by atoms with Crippen molar-refractivity contribution in [1.29, 1.82) is 0 Å². The number of carbonyl (C=O) groups excluding carboxylic acids is 1. The van der Waals surface area contributed by atoms with E-state index in [1.54, 1.807) is 16.4 Å². The molecule has 0 unspecified atom stereocenters. The summed E-state index contributed by atoms with van der Waals surface area (Å²) in [7, 11) is -3.53. The van der Waals surface area contributed by atoms with Crippen LogP contribution in [0.5, 0.6) is 0 Å². The maximum Gasteiger partial charge on any atom is 0.255 e. The number of benzene rings is 2. The number of anilines is 1. The van der Waals surface area contributed by atoms with Gasteiger partial charge < -0.3 is 10.6 Å². The largest absolute Gasteiger partial charge is 0.322 e. The Balaban J connectivity index is 1.45. The van der Waals surface area contributed by atoms with Gasteiger partial charge in [0.1, 0.15) is 5.82 Å². The highest BCUT2D eigenvalue weighted by molar-refractivity contribution is 7.89. The van der Waals surface area contributed by atoms with E-state index in [0.717, 1.165) is 13.1 Å². The van der Waals surface area contributed by atoms with Crippen molar-refractivity contribution in [2.45, 2.75) is 4.90 Å². The molecule has 2 aliphatic heterocycles. The van der Waals surface area contributed by atoms with Crippen LogP contribution in [0.3, 0.4) is 0 Å². The number of nitrogens with zero attached hydrogens (tertiary/aromatic N) is 1. The molecule has 2 atom stereocenters. The van der Waals surface area contributed by atoms with Crippen molar-refractivity contribution < 1.29 is 17.6 Å². The van der Waals surface area contributed by atoms with Crippen molar-refractivity contribution in [3.05, 3.63) is 59.9 Å². The van der Waals surface area contributed by atoms with Crippen LogP contribution in [-0.2, 0) is 10.0 Å². The van der Waals surface area contributed by atoms with Gasteiger partial charge in [0, 0.05) is 24.3 Å². The third-order valence-electron chi connectivity index (χ3n) is 5.21. The quantitative estimate of drug-likeness (QED) is 0.838. The Kier molecular flexibility index (Phi) is 4.71. The van der Waals surface area contributed by atoms with Gasteiger partial charge in [-0.25, -0.2) is 12.8 Å². The minimum atomic E-state index is -3.53. The van der Waals surface area contributed by atoms with E-state index in [4.69, 9.17) is 0 Å². The van der Waals surface area contributed by atoms with E-state index < -0.39 is 15.8 Å².